The van der Waals surface area contributed by atoms with Gasteiger partial charge >= 0.3 is 0 Å². The minimum absolute atomic E-state index is 0.181. The van der Waals surface area contributed by atoms with Crippen LogP contribution in [0.15, 0.2) is 22.6 Å². The molecule has 0 bridgehead atoms. The molecule has 2 aromatic heterocycles. The predicted octanol–water partition coefficient (Wildman–Crippen LogP) is 3.74. The molecular weight excluding hydrogens is 460 g/mol. The third-order valence-corrected chi connectivity index (χ3v) is 9.24. The van der Waals surface area contributed by atoms with Crippen LogP contribution in [0.25, 0.3) is 17.5 Å². The lowest BCUT2D eigenvalue weighted by atomic mass is 10.1. The molecule has 0 spiro atoms. The van der Waals surface area contributed by atoms with Crippen molar-refractivity contribution in [2.24, 2.45) is 4.36 Å². The van der Waals surface area contributed by atoms with E-state index in [0.717, 1.165) is 54.9 Å². The number of allylic oxidation sites excluding steroid dienone is 1. The summed E-state index contributed by atoms with van der Waals surface area (Å²) < 4.78 is 26.1. The van der Waals surface area contributed by atoms with Gasteiger partial charge in [0.1, 0.15) is 26.7 Å². The highest BCUT2D eigenvalue weighted by Crippen LogP contribution is 2.36. The van der Waals surface area contributed by atoms with Gasteiger partial charge in [0.15, 0.2) is 5.82 Å². The second-order valence-electron chi connectivity index (χ2n) is 9.09. The van der Waals surface area contributed by atoms with Crippen LogP contribution in [-0.2, 0) is 21.1 Å². The molecule has 10 heteroatoms. The third kappa shape index (κ3) is 4.00. The molecule has 2 aliphatic heterocycles. The second kappa shape index (κ2) is 8.21. The molecule has 2 aliphatic carbocycles. The molecule has 4 heterocycles. The zero-order chi connectivity index (χ0) is 22.6. The Morgan fingerprint density at radius 2 is 2.03 bits per heavy atom. The minimum Gasteiger partial charge on any atom is -0.377 e. The molecule has 33 heavy (non-hydrogen) atoms. The Hall–Kier alpha value is -2.23. The van der Waals surface area contributed by atoms with Crippen molar-refractivity contribution in [3.05, 3.63) is 34.6 Å². The first kappa shape index (κ1) is 21.3. The second-order valence-corrected chi connectivity index (χ2v) is 11.7. The first-order valence-electron chi connectivity index (χ1n) is 11.6. The van der Waals surface area contributed by atoms with Crippen LogP contribution in [0.5, 0.6) is 0 Å². The number of halogens is 1. The lowest BCUT2D eigenvalue weighted by Gasteiger charge is -2.35. The summed E-state index contributed by atoms with van der Waals surface area (Å²) in [5.41, 5.74) is 2.79. The number of pyridine rings is 1. The number of hydrogen-bond donors (Lipinski definition) is 0. The Morgan fingerprint density at radius 1 is 1.18 bits per heavy atom. The van der Waals surface area contributed by atoms with Crippen molar-refractivity contribution >= 4 is 39.2 Å². The van der Waals surface area contributed by atoms with Crippen LogP contribution >= 0.6 is 11.6 Å². The monoisotopic (exact) mass is 486 g/mol. The molecule has 6 rings (SSSR count). The van der Waals surface area contributed by atoms with E-state index in [0.29, 0.717) is 42.3 Å². The highest BCUT2D eigenvalue weighted by Gasteiger charge is 2.33. The largest absolute Gasteiger partial charge is 0.377 e. The van der Waals surface area contributed by atoms with E-state index in [9.17, 15) is 4.21 Å². The van der Waals surface area contributed by atoms with Gasteiger partial charge in [0.25, 0.3) is 0 Å². The van der Waals surface area contributed by atoms with Gasteiger partial charge in [0.2, 0.25) is 0 Å². The van der Waals surface area contributed by atoms with Crippen LogP contribution < -0.4 is 9.21 Å². The molecule has 8 nitrogen and oxygen atoms in total. The molecule has 0 N–H and O–H groups in total. The molecule has 0 amide bonds. The maximum absolute atomic E-state index is 13.8. The fourth-order valence-electron chi connectivity index (χ4n) is 4.71. The van der Waals surface area contributed by atoms with Gasteiger partial charge in [0.05, 0.1) is 36.7 Å². The standard InChI is InChI=1S/C23H27ClN6O2S/c1-15-14-32-10-9-29(15)21-13-22(30-8-3-11-33(30,31)28-16-6-7-16)27-23(26-21)18-12-20(24)25-19-5-2-4-17(18)19/h2,4,12-13,15-16H,3,5-11,14H2,1H3/t15-,33?/m1/s1. The predicted molar refractivity (Wildman–Crippen MR) is 131 cm³/mol. The molecule has 174 valence electrons. The van der Waals surface area contributed by atoms with E-state index in [1.807, 2.05) is 16.4 Å². The van der Waals surface area contributed by atoms with Gasteiger partial charge in [-0.25, -0.2) is 23.5 Å². The van der Waals surface area contributed by atoms with Crippen LogP contribution in [0.4, 0.5) is 11.6 Å². The number of fused-ring (bicyclic) bond motifs is 1. The van der Waals surface area contributed by atoms with Gasteiger partial charge in [-0.1, -0.05) is 23.8 Å². The average molecular weight is 487 g/mol. The lowest BCUT2D eigenvalue weighted by molar-refractivity contribution is 0.0985. The summed E-state index contributed by atoms with van der Waals surface area (Å²) in [5.74, 6) is 2.65. The Morgan fingerprint density at radius 3 is 2.85 bits per heavy atom. The van der Waals surface area contributed by atoms with Crippen molar-refractivity contribution in [2.75, 3.05) is 41.3 Å². The van der Waals surface area contributed by atoms with Gasteiger partial charge in [0, 0.05) is 36.7 Å². The highest BCUT2D eigenvalue weighted by molar-refractivity contribution is 7.95. The van der Waals surface area contributed by atoms with E-state index in [1.165, 1.54) is 0 Å². The quantitative estimate of drug-likeness (QED) is 0.612. The number of aromatic nitrogens is 3. The van der Waals surface area contributed by atoms with E-state index in [2.05, 4.69) is 29.0 Å². The van der Waals surface area contributed by atoms with Crippen molar-refractivity contribution in [3.63, 3.8) is 0 Å². The number of ether oxygens (including phenoxy) is 1. The van der Waals surface area contributed by atoms with Gasteiger partial charge in [-0.05, 0) is 32.3 Å². The molecule has 3 fully saturated rings. The molecule has 4 aliphatic rings. The van der Waals surface area contributed by atoms with Crippen molar-refractivity contribution in [3.8, 4) is 11.4 Å². The van der Waals surface area contributed by atoms with Gasteiger partial charge < -0.3 is 9.64 Å². The van der Waals surface area contributed by atoms with Gasteiger partial charge in [-0.2, -0.15) is 0 Å². The van der Waals surface area contributed by atoms with E-state index >= 15 is 0 Å². The zero-order valence-electron chi connectivity index (χ0n) is 18.6. The Labute approximate surface area is 199 Å². The Kier molecular flexibility index (Phi) is 5.31. The average Bonchev–Trinajstić information content (AvgIpc) is 3.33. The zero-order valence-corrected chi connectivity index (χ0v) is 20.2. The molecule has 0 radical (unpaired) electrons. The van der Waals surface area contributed by atoms with E-state index in [4.69, 9.17) is 30.7 Å². The number of anilines is 2. The van der Waals surface area contributed by atoms with Gasteiger partial charge in [-0.15, -0.1) is 0 Å². The summed E-state index contributed by atoms with van der Waals surface area (Å²) in [7, 11) is -2.49. The smallest absolute Gasteiger partial charge is 0.164 e. The molecule has 0 aromatic carbocycles. The lowest BCUT2D eigenvalue weighted by Crippen LogP contribution is -2.44. The molecule has 1 unspecified atom stereocenters. The molecule has 2 atom stereocenters. The molecule has 1 saturated carbocycles. The number of hydrogen-bond acceptors (Lipinski definition) is 7. The number of nitrogens with zero attached hydrogens (tertiary/aromatic N) is 6. The van der Waals surface area contributed by atoms with Crippen LogP contribution in [0.3, 0.4) is 0 Å². The topological polar surface area (TPSA) is 83.8 Å². The SMILES string of the molecule is C[C@@H]1COCCN1c1cc(N2CCCS2(=O)=NC2CC2)nc(-c2cc(Cl)nc3c2C=CC3)n1. The summed E-state index contributed by atoms with van der Waals surface area (Å²) in [6.45, 7) is 4.85. The first-order chi connectivity index (χ1) is 16.0. The summed E-state index contributed by atoms with van der Waals surface area (Å²) in [6.07, 6.45) is 7.79. The Balaban J connectivity index is 1.51. The molecule has 2 aromatic rings. The maximum atomic E-state index is 13.8. The van der Waals surface area contributed by atoms with Crippen molar-refractivity contribution in [2.45, 2.75) is 44.7 Å². The summed E-state index contributed by atoms with van der Waals surface area (Å²) >= 11 is 6.37. The summed E-state index contributed by atoms with van der Waals surface area (Å²) in [4.78, 5) is 16.6. The van der Waals surface area contributed by atoms with Crippen LogP contribution in [-0.4, -0.2) is 63.3 Å². The first-order valence-corrected chi connectivity index (χ1v) is 13.6. The summed E-state index contributed by atoms with van der Waals surface area (Å²) in [5, 5.41) is 0.427. The fraction of sp³-hybridized carbons (Fsp3) is 0.522. The van der Waals surface area contributed by atoms with Gasteiger partial charge in [-0.3, -0.25) is 4.31 Å². The molecule has 2 saturated heterocycles. The minimum atomic E-state index is -2.49. The third-order valence-electron chi connectivity index (χ3n) is 6.54. The number of rotatable bonds is 4. The number of morpholine rings is 1. The molecular formula is C23H27ClN6O2S. The van der Waals surface area contributed by atoms with Crippen LogP contribution in [0.1, 0.15) is 37.4 Å². The van der Waals surface area contributed by atoms with E-state index < -0.39 is 9.92 Å². The highest BCUT2D eigenvalue weighted by atomic mass is 35.5. The summed E-state index contributed by atoms with van der Waals surface area (Å²) in [6, 6.07) is 4.21. The van der Waals surface area contributed by atoms with E-state index in [1.54, 1.807) is 0 Å². The van der Waals surface area contributed by atoms with Crippen LogP contribution in [0, 0.1) is 0 Å². The van der Waals surface area contributed by atoms with Crippen molar-refractivity contribution in [1.29, 1.82) is 0 Å². The normalized spacial score (nSPS) is 26.7. The van der Waals surface area contributed by atoms with Crippen molar-refractivity contribution in [1.82, 2.24) is 15.0 Å². The maximum Gasteiger partial charge on any atom is 0.164 e. The Bertz CT molecular complexity index is 1250. The van der Waals surface area contributed by atoms with E-state index in [-0.39, 0.29) is 12.1 Å². The fourth-order valence-corrected chi connectivity index (χ4v) is 7.34. The van der Waals surface area contributed by atoms with Crippen LogP contribution in [0.2, 0.25) is 5.15 Å². The van der Waals surface area contributed by atoms with Crippen molar-refractivity contribution < 1.29 is 8.95 Å².